The van der Waals surface area contributed by atoms with Gasteiger partial charge in [-0.25, -0.2) is 0 Å². The lowest BCUT2D eigenvalue weighted by molar-refractivity contribution is 0.413. The maximum Gasteiger partial charge on any atom is 0.178 e. The van der Waals surface area contributed by atoms with E-state index < -0.39 is 0 Å². The molecule has 2 rings (SSSR count). The van der Waals surface area contributed by atoms with Crippen LogP contribution in [-0.4, -0.2) is 16.7 Å². The third-order valence-electron chi connectivity index (χ3n) is 3.18. The molecule has 1 N–H and O–H groups in total. The fourth-order valence-corrected chi connectivity index (χ4v) is 2.84. The predicted molar refractivity (Wildman–Crippen MR) is 77.8 cm³/mol. The van der Waals surface area contributed by atoms with Gasteiger partial charge in [-0.15, -0.1) is 0 Å². The first-order valence-electron chi connectivity index (χ1n) is 6.31. The molecule has 98 valence electrons. The molecule has 1 aromatic carbocycles. The number of methoxy groups -OCH3 is 1. The molecule has 0 fully saturated rings. The highest BCUT2D eigenvalue weighted by Gasteiger charge is 2.13. The molecule has 0 aliphatic rings. The van der Waals surface area contributed by atoms with E-state index in [4.69, 9.17) is 17.0 Å². The van der Waals surface area contributed by atoms with Crippen molar-refractivity contribution < 1.29 is 4.74 Å². The molecular weight excluding hydrogens is 244 g/mol. The van der Waals surface area contributed by atoms with E-state index in [0.29, 0.717) is 12.0 Å². The molecule has 4 heteroatoms. The van der Waals surface area contributed by atoms with Gasteiger partial charge in [0.2, 0.25) is 0 Å². The Morgan fingerprint density at radius 1 is 1.33 bits per heavy atom. The van der Waals surface area contributed by atoms with Gasteiger partial charge in [0.15, 0.2) is 4.77 Å². The molecule has 0 aliphatic carbocycles. The number of nitrogens with zero attached hydrogens (tertiary/aromatic N) is 1. The van der Waals surface area contributed by atoms with Crippen LogP contribution in [-0.2, 0) is 0 Å². The van der Waals surface area contributed by atoms with E-state index in [1.807, 2.05) is 18.2 Å². The molecule has 3 nitrogen and oxygen atoms in total. The molecule has 1 unspecified atom stereocenters. The van der Waals surface area contributed by atoms with Crippen LogP contribution in [0.25, 0.3) is 11.0 Å². The van der Waals surface area contributed by atoms with Gasteiger partial charge in [0.05, 0.1) is 18.1 Å². The Bertz CT molecular complexity index is 597. The lowest BCUT2D eigenvalue weighted by Crippen LogP contribution is -2.08. The van der Waals surface area contributed by atoms with Crippen molar-refractivity contribution in [3.05, 3.63) is 23.0 Å². The van der Waals surface area contributed by atoms with E-state index >= 15 is 0 Å². The summed E-state index contributed by atoms with van der Waals surface area (Å²) in [5, 5.41) is 0. The van der Waals surface area contributed by atoms with Crippen LogP contribution in [0.5, 0.6) is 5.75 Å². The summed E-state index contributed by atoms with van der Waals surface area (Å²) in [7, 11) is 1.68. The number of aromatic amines is 1. The standard InChI is InChI=1S/C14H20N2OS/c1-9(2)7-10(3)16-13-8-11(17-4)5-6-12(13)15-14(16)18/h5-6,8-10H,7H2,1-4H3,(H,15,18). The monoisotopic (exact) mass is 264 g/mol. The molecule has 0 saturated heterocycles. The van der Waals surface area contributed by atoms with E-state index in [0.717, 1.165) is 28.0 Å². The van der Waals surface area contributed by atoms with Crippen LogP contribution < -0.4 is 4.74 Å². The Morgan fingerprint density at radius 3 is 2.67 bits per heavy atom. The highest BCUT2D eigenvalue weighted by Crippen LogP contribution is 2.26. The van der Waals surface area contributed by atoms with Gasteiger partial charge in [-0.05, 0) is 43.6 Å². The SMILES string of the molecule is COc1ccc2[nH]c(=S)n(C(C)CC(C)C)c2c1. The van der Waals surface area contributed by atoms with Crippen LogP contribution in [0.1, 0.15) is 33.2 Å². The highest BCUT2D eigenvalue weighted by molar-refractivity contribution is 7.71. The Morgan fingerprint density at radius 2 is 2.06 bits per heavy atom. The van der Waals surface area contributed by atoms with E-state index in [2.05, 4.69) is 30.3 Å². The Hall–Kier alpha value is -1.29. The van der Waals surface area contributed by atoms with Crippen molar-refractivity contribution in [3.8, 4) is 5.75 Å². The number of hydrogen-bond donors (Lipinski definition) is 1. The van der Waals surface area contributed by atoms with Crippen molar-refractivity contribution in [2.75, 3.05) is 7.11 Å². The fraction of sp³-hybridized carbons (Fsp3) is 0.500. The summed E-state index contributed by atoms with van der Waals surface area (Å²) in [6.45, 7) is 6.67. The molecule has 0 amide bonds. The van der Waals surface area contributed by atoms with Crippen LogP contribution in [0, 0.1) is 10.7 Å². The molecular formula is C14H20N2OS. The third-order valence-corrected chi connectivity index (χ3v) is 3.48. The largest absolute Gasteiger partial charge is 0.497 e. The number of ether oxygens (including phenoxy) is 1. The zero-order valence-corrected chi connectivity index (χ0v) is 12.2. The third kappa shape index (κ3) is 2.43. The van der Waals surface area contributed by atoms with Crippen molar-refractivity contribution in [1.29, 1.82) is 0 Å². The lowest BCUT2D eigenvalue weighted by atomic mass is 10.1. The summed E-state index contributed by atoms with van der Waals surface area (Å²) in [6.07, 6.45) is 1.11. The molecule has 0 bridgehead atoms. The average molecular weight is 264 g/mol. The van der Waals surface area contributed by atoms with Crippen LogP contribution >= 0.6 is 12.2 Å². The predicted octanol–water partition coefficient (Wildman–Crippen LogP) is 4.31. The number of aromatic nitrogens is 2. The molecule has 1 aromatic heterocycles. The zero-order valence-electron chi connectivity index (χ0n) is 11.4. The van der Waals surface area contributed by atoms with Gasteiger partial charge >= 0.3 is 0 Å². The van der Waals surface area contributed by atoms with Crippen molar-refractivity contribution >= 4 is 23.3 Å². The summed E-state index contributed by atoms with van der Waals surface area (Å²) >= 11 is 5.43. The Balaban J connectivity index is 2.54. The first-order valence-corrected chi connectivity index (χ1v) is 6.72. The summed E-state index contributed by atoms with van der Waals surface area (Å²) in [4.78, 5) is 3.25. The van der Waals surface area contributed by atoms with Crippen LogP contribution in [0.4, 0.5) is 0 Å². The van der Waals surface area contributed by atoms with Gasteiger partial charge in [0.1, 0.15) is 5.75 Å². The molecule has 0 spiro atoms. The van der Waals surface area contributed by atoms with E-state index in [-0.39, 0.29) is 0 Å². The van der Waals surface area contributed by atoms with Crippen LogP contribution in [0.2, 0.25) is 0 Å². The smallest absolute Gasteiger partial charge is 0.178 e. The Labute approximate surface area is 113 Å². The second kappa shape index (κ2) is 5.14. The van der Waals surface area contributed by atoms with Crippen LogP contribution in [0.3, 0.4) is 0 Å². The summed E-state index contributed by atoms with van der Waals surface area (Å²) in [5.41, 5.74) is 2.18. The minimum Gasteiger partial charge on any atom is -0.497 e. The van der Waals surface area contributed by atoms with Crippen molar-refractivity contribution in [2.45, 2.75) is 33.2 Å². The number of hydrogen-bond acceptors (Lipinski definition) is 2. The number of H-pyrrole nitrogens is 1. The van der Waals surface area contributed by atoms with E-state index in [1.54, 1.807) is 7.11 Å². The second-order valence-electron chi connectivity index (χ2n) is 5.16. The summed E-state index contributed by atoms with van der Waals surface area (Å²) < 4.78 is 8.26. The quantitative estimate of drug-likeness (QED) is 0.834. The number of imidazole rings is 1. The molecule has 1 atom stereocenters. The molecule has 0 saturated carbocycles. The Kier molecular flexibility index (Phi) is 3.76. The van der Waals surface area contributed by atoms with Crippen molar-refractivity contribution in [1.82, 2.24) is 9.55 Å². The average Bonchev–Trinajstić information content (AvgIpc) is 2.62. The molecule has 1 heterocycles. The van der Waals surface area contributed by atoms with E-state index in [9.17, 15) is 0 Å². The molecule has 0 radical (unpaired) electrons. The molecule has 0 aliphatic heterocycles. The van der Waals surface area contributed by atoms with Gasteiger partial charge in [0, 0.05) is 12.1 Å². The van der Waals surface area contributed by atoms with Crippen LogP contribution in [0.15, 0.2) is 18.2 Å². The molecule has 2 aromatic rings. The topological polar surface area (TPSA) is 29.9 Å². The first kappa shape index (κ1) is 13.1. The van der Waals surface area contributed by atoms with Gasteiger partial charge in [-0.3, -0.25) is 0 Å². The second-order valence-corrected chi connectivity index (χ2v) is 5.55. The van der Waals surface area contributed by atoms with Crippen molar-refractivity contribution in [2.24, 2.45) is 5.92 Å². The number of nitrogens with one attached hydrogen (secondary N) is 1. The number of benzene rings is 1. The minimum absolute atomic E-state index is 0.387. The first-order chi connectivity index (χ1) is 8.52. The van der Waals surface area contributed by atoms with Gasteiger partial charge < -0.3 is 14.3 Å². The highest BCUT2D eigenvalue weighted by atomic mass is 32.1. The van der Waals surface area contributed by atoms with Crippen molar-refractivity contribution in [3.63, 3.8) is 0 Å². The number of rotatable bonds is 4. The van der Waals surface area contributed by atoms with Gasteiger partial charge in [0.25, 0.3) is 0 Å². The van der Waals surface area contributed by atoms with E-state index in [1.165, 1.54) is 0 Å². The summed E-state index contributed by atoms with van der Waals surface area (Å²) in [6, 6.07) is 6.39. The maximum absolute atomic E-state index is 5.43. The molecule has 18 heavy (non-hydrogen) atoms. The minimum atomic E-state index is 0.387. The maximum atomic E-state index is 5.43. The fourth-order valence-electron chi connectivity index (χ4n) is 2.45. The van der Waals surface area contributed by atoms with Gasteiger partial charge in [-0.1, -0.05) is 13.8 Å². The normalized spacial score (nSPS) is 13.2. The lowest BCUT2D eigenvalue weighted by Gasteiger charge is -2.17. The summed E-state index contributed by atoms with van der Waals surface area (Å²) in [5.74, 6) is 1.51. The zero-order chi connectivity index (χ0) is 13.3. The van der Waals surface area contributed by atoms with Gasteiger partial charge in [-0.2, -0.15) is 0 Å². The number of fused-ring (bicyclic) bond motifs is 1.